The van der Waals surface area contributed by atoms with Gasteiger partial charge in [0.1, 0.15) is 0 Å². The molecule has 0 saturated carbocycles. The predicted molar refractivity (Wildman–Crippen MR) is 81.4 cm³/mol. The number of rotatable bonds is 5. The molecule has 1 aromatic carbocycles. The largest absolute Gasteiger partial charge is 0.374 e. The molecule has 2 heteroatoms. The van der Waals surface area contributed by atoms with Gasteiger partial charge in [0, 0.05) is 24.8 Å². The van der Waals surface area contributed by atoms with E-state index in [4.69, 9.17) is 5.73 Å². The quantitative estimate of drug-likeness (QED) is 0.863. The van der Waals surface area contributed by atoms with Gasteiger partial charge in [-0.05, 0) is 70.2 Å². The zero-order valence-electron chi connectivity index (χ0n) is 12.8. The van der Waals surface area contributed by atoms with Crippen molar-refractivity contribution in [3.05, 3.63) is 28.8 Å². The second-order valence-corrected chi connectivity index (χ2v) is 6.24. The number of hydrogen-bond acceptors (Lipinski definition) is 2. The van der Waals surface area contributed by atoms with Gasteiger partial charge in [-0.15, -0.1) is 0 Å². The lowest BCUT2D eigenvalue weighted by molar-refractivity contribution is 0.460. The molecule has 0 amide bonds. The normalized spacial score (nSPS) is 11.7. The summed E-state index contributed by atoms with van der Waals surface area (Å²) in [7, 11) is 2.17. The Balaban J connectivity index is 2.67. The van der Waals surface area contributed by atoms with Gasteiger partial charge in [-0.1, -0.05) is 6.07 Å². The highest BCUT2D eigenvalue weighted by atomic mass is 15.1. The first-order valence-electron chi connectivity index (χ1n) is 6.78. The fraction of sp³-hybridized carbons (Fsp3) is 0.625. The summed E-state index contributed by atoms with van der Waals surface area (Å²) in [5.74, 6) is 0. The molecule has 0 spiro atoms. The molecule has 1 rings (SSSR count). The third kappa shape index (κ3) is 4.34. The van der Waals surface area contributed by atoms with Gasteiger partial charge in [0.15, 0.2) is 0 Å². The predicted octanol–water partition coefficient (Wildman–Crippen LogP) is 3.57. The van der Waals surface area contributed by atoms with Crippen LogP contribution in [-0.4, -0.2) is 19.1 Å². The monoisotopic (exact) mass is 248 g/mol. The van der Waals surface area contributed by atoms with Gasteiger partial charge in [0.25, 0.3) is 0 Å². The van der Waals surface area contributed by atoms with Crippen molar-refractivity contribution >= 4 is 5.69 Å². The lowest BCUT2D eigenvalue weighted by Gasteiger charge is -2.25. The highest BCUT2D eigenvalue weighted by molar-refractivity contribution is 5.56. The first kappa shape index (κ1) is 15.0. The Kier molecular flexibility index (Phi) is 4.80. The van der Waals surface area contributed by atoms with Crippen molar-refractivity contribution in [3.8, 4) is 0 Å². The molecule has 0 bridgehead atoms. The minimum atomic E-state index is -0.0565. The molecule has 0 unspecified atom stereocenters. The fourth-order valence-corrected chi connectivity index (χ4v) is 2.25. The molecule has 0 aliphatic carbocycles. The Morgan fingerprint density at radius 2 is 1.61 bits per heavy atom. The lowest BCUT2D eigenvalue weighted by Crippen LogP contribution is -2.33. The van der Waals surface area contributed by atoms with Gasteiger partial charge >= 0.3 is 0 Å². The molecule has 0 radical (unpaired) electrons. The summed E-state index contributed by atoms with van der Waals surface area (Å²) in [4.78, 5) is 2.34. The van der Waals surface area contributed by atoms with E-state index in [1.165, 1.54) is 22.4 Å². The minimum absolute atomic E-state index is 0.0565. The van der Waals surface area contributed by atoms with Crippen molar-refractivity contribution in [1.82, 2.24) is 0 Å². The molecule has 0 aliphatic rings. The Labute approximate surface area is 112 Å². The molecule has 0 saturated heterocycles. The molecule has 2 nitrogen and oxygen atoms in total. The average Bonchev–Trinajstić information content (AvgIpc) is 2.21. The van der Waals surface area contributed by atoms with Crippen LogP contribution >= 0.6 is 0 Å². The van der Waals surface area contributed by atoms with Gasteiger partial charge in [-0.3, -0.25) is 0 Å². The number of hydrogen-bond donors (Lipinski definition) is 1. The van der Waals surface area contributed by atoms with Crippen LogP contribution in [0.5, 0.6) is 0 Å². The summed E-state index contributed by atoms with van der Waals surface area (Å²) in [5.41, 5.74) is 11.4. The van der Waals surface area contributed by atoms with Gasteiger partial charge in [0.2, 0.25) is 0 Å². The van der Waals surface area contributed by atoms with Crippen molar-refractivity contribution in [2.45, 2.75) is 53.0 Å². The average molecular weight is 248 g/mol. The zero-order chi connectivity index (χ0) is 13.9. The van der Waals surface area contributed by atoms with Crippen molar-refractivity contribution in [1.29, 1.82) is 0 Å². The van der Waals surface area contributed by atoms with E-state index in [-0.39, 0.29) is 5.54 Å². The maximum atomic E-state index is 6.02. The summed E-state index contributed by atoms with van der Waals surface area (Å²) < 4.78 is 0. The van der Waals surface area contributed by atoms with Crippen LogP contribution in [0.25, 0.3) is 0 Å². The van der Waals surface area contributed by atoms with E-state index in [1.807, 2.05) is 0 Å². The van der Waals surface area contributed by atoms with E-state index >= 15 is 0 Å². The third-order valence-corrected chi connectivity index (χ3v) is 3.54. The standard InChI is InChI=1S/C16H28N2/c1-12-10-14(3)15(11-13(12)2)18(6)9-7-8-16(4,5)17/h10-11H,7-9,17H2,1-6H3. The van der Waals surface area contributed by atoms with Gasteiger partial charge in [0.05, 0.1) is 0 Å². The number of benzene rings is 1. The molecule has 0 aliphatic heterocycles. The van der Waals surface area contributed by atoms with Crippen LogP contribution in [0.15, 0.2) is 12.1 Å². The maximum absolute atomic E-state index is 6.02. The summed E-state index contributed by atoms with van der Waals surface area (Å²) in [6.07, 6.45) is 2.19. The van der Waals surface area contributed by atoms with Gasteiger partial charge < -0.3 is 10.6 Å². The zero-order valence-corrected chi connectivity index (χ0v) is 12.8. The molecule has 0 heterocycles. The highest BCUT2D eigenvalue weighted by Crippen LogP contribution is 2.23. The Bertz CT molecular complexity index is 402. The summed E-state index contributed by atoms with van der Waals surface area (Å²) in [6.45, 7) is 11.8. The van der Waals surface area contributed by atoms with Gasteiger partial charge in [-0.25, -0.2) is 0 Å². The summed E-state index contributed by atoms with van der Waals surface area (Å²) in [6, 6.07) is 4.56. The van der Waals surface area contributed by atoms with Crippen LogP contribution in [0.4, 0.5) is 5.69 Å². The second-order valence-electron chi connectivity index (χ2n) is 6.24. The fourth-order valence-electron chi connectivity index (χ4n) is 2.25. The highest BCUT2D eigenvalue weighted by Gasteiger charge is 2.11. The van der Waals surface area contributed by atoms with Crippen LogP contribution in [0.3, 0.4) is 0 Å². The molecular weight excluding hydrogens is 220 g/mol. The number of nitrogens with zero attached hydrogens (tertiary/aromatic N) is 1. The van der Waals surface area contributed by atoms with Crippen LogP contribution in [-0.2, 0) is 0 Å². The van der Waals surface area contributed by atoms with Crippen LogP contribution in [0, 0.1) is 20.8 Å². The molecule has 2 N–H and O–H groups in total. The Morgan fingerprint density at radius 3 is 2.17 bits per heavy atom. The van der Waals surface area contributed by atoms with E-state index in [1.54, 1.807) is 0 Å². The first-order chi connectivity index (χ1) is 8.20. The lowest BCUT2D eigenvalue weighted by atomic mass is 9.99. The van der Waals surface area contributed by atoms with Crippen molar-refractivity contribution in [2.75, 3.05) is 18.5 Å². The van der Waals surface area contributed by atoms with E-state index in [2.05, 4.69) is 58.7 Å². The van der Waals surface area contributed by atoms with Crippen LogP contribution < -0.4 is 10.6 Å². The van der Waals surface area contributed by atoms with Crippen LogP contribution in [0.2, 0.25) is 0 Å². The SMILES string of the molecule is Cc1cc(C)c(N(C)CCCC(C)(C)N)cc1C. The molecule has 0 atom stereocenters. The van der Waals surface area contributed by atoms with E-state index in [0.717, 1.165) is 19.4 Å². The summed E-state index contributed by atoms with van der Waals surface area (Å²) in [5, 5.41) is 0. The molecule has 0 aromatic heterocycles. The van der Waals surface area contributed by atoms with E-state index in [9.17, 15) is 0 Å². The molecule has 18 heavy (non-hydrogen) atoms. The maximum Gasteiger partial charge on any atom is 0.0396 e. The van der Waals surface area contributed by atoms with E-state index < -0.39 is 0 Å². The smallest absolute Gasteiger partial charge is 0.0396 e. The number of aryl methyl sites for hydroxylation is 3. The van der Waals surface area contributed by atoms with Crippen molar-refractivity contribution in [2.24, 2.45) is 5.73 Å². The van der Waals surface area contributed by atoms with E-state index in [0.29, 0.717) is 0 Å². The topological polar surface area (TPSA) is 29.3 Å². The molecule has 102 valence electrons. The minimum Gasteiger partial charge on any atom is -0.374 e. The molecule has 1 aromatic rings. The number of anilines is 1. The van der Waals surface area contributed by atoms with Crippen LogP contribution in [0.1, 0.15) is 43.4 Å². The van der Waals surface area contributed by atoms with Crippen molar-refractivity contribution < 1.29 is 0 Å². The second kappa shape index (κ2) is 5.75. The van der Waals surface area contributed by atoms with Gasteiger partial charge in [-0.2, -0.15) is 0 Å². The molecule has 0 fully saturated rings. The summed E-state index contributed by atoms with van der Waals surface area (Å²) >= 11 is 0. The Morgan fingerprint density at radius 1 is 1.06 bits per heavy atom. The first-order valence-corrected chi connectivity index (χ1v) is 6.78. The van der Waals surface area contributed by atoms with Crippen molar-refractivity contribution in [3.63, 3.8) is 0 Å². The Hall–Kier alpha value is -1.02. The number of nitrogens with two attached hydrogens (primary N) is 1. The molecular formula is C16H28N2. The third-order valence-electron chi connectivity index (χ3n) is 3.54.